The van der Waals surface area contributed by atoms with Crippen LogP contribution in [0, 0.1) is 13.8 Å². The van der Waals surface area contributed by atoms with Crippen molar-refractivity contribution in [1.82, 2.24) is 20.4 Å². The summed E-state index contributed by atoms with van der Waals surface area (Å²) in [7, 11) is 3.74. The fourth-order valence-corrected chi connectivity index (χ4v) is 2.52. The number of benzene rings is 1. The van der Waals surface area contributed by atoms with Crippen LogP contribution in [-0.4, -0.2) is 22.8 Å². The van der Waals surface area contributed by atoms with E-state index in [9.17, 15) is 0 Å². The smallest absolute Gasteiger partial charge is 0.191 e. The van der Waals surface area contributed by atoms with Crippen molar-refractivity contribution >= 4 is 45.9 Å². The highest BCUT2D eigenvalue weighted by Crippen LogP contribution is 2.11. The molecule has 0 saturated heterocycles. The summed E-state index contributed by atoms with van der Waals surface area (Å²) in [4.78, 5) is 4.26. The molecule has 0 fully saturated rings. The third-order valence-electron chi connectivity index (χ3n) is 3.69. The first kappa shape index (κ1) is 20.0. The summed E-state index contributed by atoms with van der Waals surface area (Å²) in [6.07, 6.45) is 0. The first-order chi connectivity index (χ1) is 10.5. The zero-order valence-corrected chi connectivity index (χ0v) is 17.8. The number of hydrogen-bond donors (Lipinski definition) is 2. The molecule has 23 heavy (non-hydrogen) atoms. The van der Waals surface area contributed by atoms with Crippen LogP contribution in [-0.2, 0) is 20.1 Å². The van der Waals surface area contributed by atoms with E-state index in [-0.39, 0.29) is 24.0 Å². The van der Waals surface area contributed by atoms with Gasteiger partial charge in [-0.2, -0.15) is 5.10 Å². The topological polar surface area (TPSA) is 54.2 Å². The summed E-state index contributed by atoms with van der Waals surface area (Å²) in [6.45, 7) is 5.56. The lowest BCUT2D eigenvalue weighted by atomic mass is 10.2. The lowest BCUT2D eigenvalue weighted by Gasteiger charge is -2.12. The summed E-state index contributed by atoms with van der Waals surface area (Å²) in [5.41, 5.74) is 4.65. The molecule has 0 amide bonds. The summed E-state index contributed by atoms with van der Waals surface area (Å²) >= 11 is 3.44. The van der Waals surface area contributed by atoms with Crippen molar-refractivity contribution in [3.05, 3.63) is 51.3 Å². The van der Waals surface area contributed by atoms with Crippen molar-refractivity contribution in [3.63, 3.8) is 0 Å². The van der Waals surface area contributed by atoms with Gasteiger partial charge in [0.05, 0.1) is 5.69 Å². The standard InChI is InChI=1S/C16H22BrN5.HI/c1-11-15(12(2)22(4)21-11)10-20-16(18-3)19-9-13-5-7-14(17)8-6-13;/h5-8H,9-10H2,1-4H3,(H2,18,19,20);1H. The molecular formula is C16H23BrIN5. The fraction of sp³-hybridized carbons (Fsp3) is 0.375. The van der Waals surface area contributed by atoms with Crippen LogP contribution in [0.5, 0.6) is 0 Å². The highest BCUT2D eigenvalue weighted by atomic mass is 127. The molecule has 0 aliphatic rings. The van der Waals surface area contributed by atoms with E-state index < -0.39 is 0 Å². The van der Waals surface area contributed by atoms with Crippen LogP contribution in [0.3, 0.4) is 0 Å². The van der Waals surface area contributed by atoms with Crippen molar-refractivity contribution in [3.8, 4) is 0 Å². The molecule has 0 bridgehead atoms. The first-order valence-corrected chi connectivity index (χ1v) is 7.98. The van der Waals surface area contributed by atoms with E-state index in [0.29, 0.717) is 6.54 Å². The van der Waals surface area contributed by atoms with E-state index in [1.54, 1.807) is 7.05 Å². The minimum Gasteiger partial charge on any atom is -0.352 e. The molecule has 2 rings (SSSR count). The van der Waals surface area contributed by atoms with Gasteiger partial charge in [0.25, 0.3) is 0 Å². The number of aliphatic imine (C=N–C) groups is 1. The third kappa shape index (κ3) is 5.49. The highest BCUT2D eigenvalue weighted by Gasteiger charge is 2.09. The molecular weight excluding hydrogens is 469 g/mol. The molecule has 2 N–H and O–H groups in total. The van der Waals surface area contributed by atoms with E-state index in [1.807, 2.05) is 30.8 Å². The predicted octanol–water partition coefficient (Wildman–Crippen LogP) is 3.28. The minimum absolute atomic E-state index is 0. The second-order valence-electron chi connectivity index (χ2n) is 5.18. The van der Waals surface area contributed by atoms with Gasteiger partial charge in [-0.3, -0.25) is 9.67 Å². The van der Waals surface area contributed by atoms with E-state index >= 15 is 0 Å². The van der Waals surface area contributed by atoms with Crippen LogP contribution in [0.1, 0.15) is 22.5 Å². The monoisotopic (exact) mass is 491 g/mol. The fourth-order valence-electron chi connectivity index (χ4n) is 2.25. The number of rotatable bonds is 4. The highest BCUT2D eigenvalue weighted by molar-refractivity contribution is 14.0. The summed E-state index contributed by atoms with van der Waals surface area (Å²) in [6, 6.07) is 8.24. The van der Waals surface area contributed by atoms with E-state index in [1.165, 1.54) is 16.8 Å². The minimum atomic E-state index is 0. The molecule has 0 spiro atoms. The molecule has 0 unspecified atom stereocenters. The van der Waals surface area contributed by atoms with Gasteiger partial charge in [-0.1, -0.05) is 28.1 Å². The Hall–Kier alpha value is -1.09. The maximum Gasteiger partial charge on any atom is 0.191 e. The average Bonchev–Trinajstić information content (AvgIpc) is 2.75. The SMILES string of the molecule is CN=C(NCc1ccc(Br)cc1)NCc1c(C)nn(C)c1C.I. The van der Waals surface area contributed by atoms with Crippen molar-refractivity contribution in [2.75, 3.05) is 7.05 Å². The van der Waals surface area contributed by atoms with Gasteiger partial charge in [-0.15, -0.1) is 24.0 Å². The predicted molar refractivity (Wildman–Crippen MR) is 109 cm³/mol. The molecule has 0 radical (unpaired) electrons. The number of guanidine groups is 1. The van der Waals surface area contributed by atoms with Gasteiger partial charge in [-0.25, -0.2) is 0 Å². The first-order valence-electron chi connectivity index (χ1n) is 7.19. The van der Waals surface area contributed by atoms with Crippen molar-refractivity contribution < 1.29 is 0 Å². The van der Waals surface area contributed by atoms with Crippen molar-refractivity contribution in [1.29, 1.82) is 0 Å². The summed E-state index contributed by atoms with van der Waals surface area (Å²) < 4.78 is 2.99. The second-order valence-corrected chi connectivity index (χ2v) is 6.09. The number of aryl methyl sites for hydroxylation is 2. The zero-order valence-electron chi connectivity index (χ0n) is 13.9. The van der Waals surface area contributed by atoms with Gasteiger partial charge < -0.3 is 10.6 Å². The molecule has 2 aromatic rings. The Morgan fingerprint density at radius 2 is 1.78 bits per heavy atom. The van der Waals surface area contributed by atoms with Crippen LogP contribution in [0.25, 0.3) is 0 Å². The van der Waals surface area contributed by atoms with Crippen LogP contribution in [0.4, 0.5) is 0 Å². The third-order valence-corrected chi connectivity index (χ3v) is 4.22. The van der Waals surface area contributed by atoms with E-state index in [0.717, 1.165) is 22.7 Å². The Kier molecular flexibility index (Phi) is 8.04. The Balaban J connectivity index is 0.00000264. The molecule has 7 heteroatoms. The molecule has 1 heterocycles. The number of halogens is 2. The molecule has 0 aliphatic heterocycles. The second kappa shape index (κ2) is 9.27. The maximum absolute atomic E-state index is 4.43. The molecule has 126 valence electrons. The Morgan fingerprint density at radius 1 is 1.17 bits per heavy atom. The number of hydrogen-bond acceptors (Lipinski definition) is 2. The lowest BCUT2D eigenvalue weighted by Crippen LogP contribution is -2.36. The molecule has 0 aliphatic carbocycles. The van der Waals surface area contributed by atoms with Gasteiger partial charge in [-0.05, 0) is 31.5 Å². The number of nitrogens with zero attached hydrogens (tertiary/aromatic N) is 3. The lowest BCUT2D eigenvalue weighted by molar-refractivity contribution is 0.728. The van der Waals surface area contributed by atoms with Gasteiger partial charge in [0.2, 0.25) is 0 Å². The Morgan fingerprint density at radius 3 is 2.30 bits per heavy atom. The van der Waals surface area contributed by atoms with Gasteiger partial charge in [0.15, 0.2) is 5.96 Å². The Bertz CT molecular complexity index is 664. The van der Waals surface area contributed by atoms with Crippen LogP contribution in [0.15, 0.2) is 33.7 Å². The largest absolute Gasteiger partial charge is 0.352 e. The molecule has 0 saturated carbocycles. The zero-order chi connectivity index (χ0) is 16.1. The quantitative estimate of drug-likeness (QED) is 0.392. The molecule has 5 nitrogen and oxygen atoms in total. The van der Waals surface area contributed by atoms with Gasteiger partial charge in [0.1, 0.15) is 0 Å². The van der Waals surface area contributed by atoms with Crippen molar-refractivity contribution in [2.24, 2.45) is 12.0 Å². The normalized spacial score (nSPS) is 11.1. The van der Waals surface area contributed by atoms with Crippen molar-refractivity contribution in [2.45, 2.75) is 26.9 Å². The van der Waals surface area contributed by atoms with Crippen LogP contribution in [0.2, 0.25) is 0 Å². The number of nitrogens with one attached hydrogen (secondary N) is 2. The average molecular weight is 492 g/mol. The van der Waals surface area contributed by atoms with E-state index in [2.05, 4.69) is 55.7 Å². The Labute approximate surface area is 163 Å². The van der Waals surface area contributed by atoms with Crippen LogP contribution >= 0.6 is 39.9 Å². The van der Waals surface area contributed by atoms with E-state index in [4.69, 9.17) is 0 Å². The molecule has 1 aromatic heterocycles. The summed E-state index contributed by atoms with van der Waals surface area (Å²) in [5, 5.41) is 11.1. The molecule has 1 aromatic carbocycles. The van der Waals surface area contributed by atoms with Gasteiger partial charge >= 0.3 is 0 Å². The molecule has 0 atom stereocenters. The summed E-state index contributed by atoms with van der Waals surface area (Å²) in [5.74, 6) is 0.783. The van der Waals surface area contributed by atoms with Crippen LogP contribution < -0.4 is 10.6 Å². The number of aromatic nitrogens is 2. The van der Waals surface area contributed by atoms with Gasteiger partial charge in [0, 0.05) is 42.9 Å². The maximum atomic E-state index is 4.43.